The van der Waals surface area contributed by atoms with E-state index in [1.54, 1.807) is 0 Å². The predicted molar refractivity (Wildman–Crippen MR) is 86.1 cm³/mol. The van der Waals surface area contributed by atoms with Gasteiger partial charge in [-0.1, -0.05) is 26.7 Å². The van der Waals surface area contributed by atoms with Crippen molar-refractivity contribution in [1.82, 2.24) is 10.3 Å². The van der Waals surface area contributed by atoms with E-state index in [1.807, 2.05) is 6.20 Å². The second-order valence-corrected chi connectivity index (χ2v) is 6.27. The molecule has 1 aliphatic carbocycles. The Hall–Kier alpha value is -1.09. The maximum absolute atomic E-state index is 4.60. The summed E-state index contributed by atoms with van der Waals surface area (Å²) in [7, 11) is 0. The number of pyridine rings is 1. The summed E-state index contributed by atoms with van der Waals surface area (Å²) in [6, 6.07) is 5.08. The summed E-state index contributed by atoms with van der Waals surface area (Å²) < 4.78 is 0. The lowest BCUT2D eigenvalue weighted by atomic mass is 10.2. The van der Waals surface area contributed by atoms with Crippen molar-refractivity contribution in [2.45, 2.75) is 59.0 Å². The van der Waals surface area contributed by atoms with Crippen molar-refractivity contribution < 1.29 is 0 Å². The smallest absolute Gasteiger partial charge is 0.129 e. The summed E-state index contributed by atoms with van der Waals surface area (Å²) in [5.41, 5.74) is 1.34. The summed E-state index contributed by atoms with van der Waals surface area (Å²) in [5.74, 6) is 1.85. The molecule has 2 rings (SSSR count). The quantitative estimate of drug-likeness (QED) is 0.824. The van der Waals surface area contributed by atoms with Crippen LogP contribution in [-0.4, -0.2) is 24.1 Å². The largest absolute Gasteiger partial charge is 0.354 e. The molecule has 0 atom stereocenters. The Bertz CT molecular complexity index is 397. The molecule has 0 radical (unpaired) electrons. The first-order valence-corrected chi connectivity index (χ1v) is 8.13. The van der Waals surface area contributed by atoms with E-state index in [1.165, 1.54) is 31.2 Å². The van der Waals surface area contributed by atoms with Gasteiger partial charge in [0.2, 0.25) is 0 Å². The van der Waals surface area contributed by atoms with E-state index in [9.17, 15) is 0 Å². The summed E-state index contributed by atoms with van der Waals surface area (Å²) in [6.45, 7) is 9.78. The van der Waals surface area contributed by atoms with Gasteiger partial charge < -0.3 is 10.2 Å². The molecule has 3 heteroatoms. The van der Waals surface area contributed by atoms with Crippen LogP contribution in [0.5, 0.6) is 0 Å². The standard InChI is InChI=1S/C17H29N3/c1-4-20(16-7-5-6-8-16)17-11-15(9-10-19-17)13-18-12-14(2)3/h9-11,14,16,18H,4-8,12-13H2,1-3H3. The van der Waals surface area contributed by atoms with Crippen LogP contribution < -0.4 is 10.2 Å². The van der Waals surface area contributed by atoms with Gasteiger partial charge in [-0.3, -0.25) is 0 Å². The van der Waals surface area contributed by atoms with Crippen molar-refractivity contribution in [3.63, 3.8) is 0 Å². The average Bonchev–Trinajstić information content (AvgIpc) is 2.94. The Kier molecular flexibility index (Phi) is 5.84. The van der Waals surface area contributed by atoms with Crippen LogP contribution in [0.1, 0.15) is 52.0 Å². The molecule has 0 bridgehead atoms. The summed E-state index contributed by atoms with van der Waals surface area (Å²) >= 11 is 0. The first-order valence-electron chi connectivity index (χ1n) is 8.13. The number of rotatable bonds is 7. The number of aromatic nitrogens is 1. The van der Waals surface area contributed by atoms with Crippen molar-refractivity contribution in [2.75, 3.05) is 18.0 Å². The molecule has 0 unspecified atom stereocenters. The zero-order chi connectivity index (χ0) is 14.4. The van der Waals surface area contributed by atoms with Gasteiger partial charge in [0.05, 0.1) is 0 Å². The molecular formula is C17H29N3. The minimum Gasteiger partial charge on any atom is -0.354 e. The van der Waals surface area contributed by atoms with Crippen LogP contribution in [0.2, 0.25) is 0 Å². The normalized spacial score (nSPS) is 16.0. The number of hydrogen-bond acceptors (Lipinski definition) is 3. The third-order valence-corrected chi connectivity index (χ3v) is 4.09. The predicted octanol–water partition coefficient (Wildman–Crippen LogP) is 3.60. The molecule has 112 valence electrons. The van der Waals surface area contributed by atoms with E-state index in [4.69, 9.17) is 0 Å². The Morgan fingerprint density at radius 1 is 1.35 bits per heavy atom. The van der Waals surface area contributed by atoms with E-state index in [0.29, 0.717) is 12.0 Å². The van der Waals surface area contributed by atoms with Gasteiger partial charge in [-0.2, -0.15) is 0 Å². The molecular weight excluding hydrogens is 246 g/mol. The second kappa shape index (κ2) is 7.63. The van der Waals surface area contributed by atoms with Crippen LogP contribution in [0.4, 0.5) is 5.82 Å². The fourth-order valence-corrected chi connectivity index (χ4v) is 3.06. The molecule has 0 aliphatic heterocycles. The Morgan fingerprint density at radius 2 is 2.10 bits per heavy atom. The van der Waals surface area contributed by atoms with Gasteiger partial charge in [0.25, 0.3) is 0 Å². The van der Waals surface area contributed by atoms with Gasteiger partial charge >= 0.3 is 0 Å². The molecule has 1 saturated carbocycles. The van der Waals surface area contributed by atoms with Crippen molar-refractivity contribution >= 4 is 5.82 Å². The molecule has 0 amide bonds. The molecule has 1 aromatic rings. The number of nitrogens with zero attached hydrogens (tertiary/aromatic N) is 2. The van der Waals surface area contributed by atoms with Gasteiger partial charge in [-0.05, 0) is 49.9 Å². The maximum atomic E-state index is 4.60. The van der Waals surface area contributed by atoms with Crippen LogP contribution in [-0.2, 0) is 6.54 Å². The summed E-state index contributed by atoms with van der Waals surface area (Å²) in [5, 5.41) is 3.51. The van der Waals surface area contributed by atoms with Crippen LogP contribution in [0.3, 0.4) is 0 Å². The van der Waals surface area contributed by atoms with Crippen LogP contribution in [0.25, 0.3) is 0 Å². The Morgan fingerprint density at radius 3 is 2.75 bits per heavy atom. The van der Waals surface area contributed by atoms with Crippen LogP contribution in [0, 0.1) is 5.92 Å². The lowest BCUT2D eigenvalue weighted by Crippen LogP contribution is -2.33. The van der Waals surface area contributed by atoms with Crippen molar-refractivity contribution in [1.29, 1.82) is 0 Å². The van der Waals surface area contributed by atoms with Gasteiger partial charge in [-0.15, -0.1) is 0 Å². The SMILES string of the molecule is CCN(c1cc(CNCC(C)C)ccn1)C1CCCC1. The molecule has 1 N–H and O–H groups in total. The fourth-order valence-electron chi connectivity index (χ4n) is 3.06. The molecule has 3 nitrogen and oxygen atoms in total. The molecule has 0 saturated heterocycles. The van der Waals surface area contributed by atoms with E-state index in [0.717, 1.165) is 25.5 Å². The van der Waals surface area contributed by atoms with Gasteiger partial charge in [0.1, 0.15) is 5.82 Å². The second-order valence-electron chi connectivity index (χ2n) is 6.27. The molecule has 1 aliphatic rings. The Labute approximate surface area is 123 Å². The van der Waals surface area contributed by atoms with Crippen molar-refractivity contribution in [3.05, 3.63) is 23.9 Å². The van der Waals surface area contributed by atoms with Crippen molar-refractivity contribution in [2.24, 2.45) is 5.92 Å². The highest BCUT2D eigenvalue weighted by Crippen LogP contribution is 2.27. The number of nitrogens with one attached hydrogen (secondary N) is 1. The third kappa shape index (κ3) is 4.20. The molecule has 1 aromatic heterocycles. The highest BCUT2D eigenvalue weighted by molar-refractivity contribution is 5.42. The molecule has 0 aromatic carbocycles. The van der Waals surface area contributed by atoms with Gasteiger partial charge in [-0.25, -0.2) is 4.98 Å². The monoisotopic (exact) mass is 275 g/mol. The first kappa shape index (κ1) is 15.3. The minimum atomic E-state index is 0.696. The van der Waals surface area contributed by atoms with Crippen molar-refractivity contribution in [3.8, 4) is 0 Å². The molecule has 20 heavy (non-hydrogen) atoms. The fraction of sp³-hybridized carbons (Fsp3) is 0.706. The topological polar surface area (TPSA) is 28.2 Å². The summed E-state index contributed by atoms with van der Waals surface area (Å²) in [4.78, 5) is 7.08. The molecule has 0 spiro atoms. The maximum Gasteiger partial charge on any atom is 0.129 e. The highest BCUT2D eigenvalue weighted by atomic mass is 15.2. The highest BCUT2D eigenvalue weighted by Gasteiger charge is 2.22. The Balaban J connectivity index is 1.99. The molecule has 1 heterocycles. The zero-order valence-corrected chi connectivity index (χ0v) is 13.2. The average molecular weight is 275 g/mol. The lowest BCUT2D eigenvalue weighted by Gasteiger charge is -2.29. The van der Waals surface area contributed by atoms with E-state index >= 15 is 0 Å². The number of anilines is 1. The number of hydrogen-bond donors (Lipinski definition) is 1. The first-order chi connectivity index (χ1) is 9.70. The minimum absolute atomic E-state index is 0.696. The van der Waals surface area contributed by atoms with Gasteiger partial charge in [0.15, 0.2) is 0 Å². The molecule has 1 fully saturated rings. The van der Waals surface area contributed by atoms with Crippen LogP contribution >= 0.6 is 0 Å². The van der Waals surface area contributed by atoms with E-state index in [-0.39, 0.29) is 0 Å². The summed E-state index contributed by atoms with van der Waals surface area (Å²) in [6.07, 6.45) is 7.35. The van der Waals surface area contributed by atoms with E-state index < -0.39 is 0 Å². The van der Waals surface area contributed by atoms with Gasteiger partial charge in [0, 0.05) is 25.3 Å². The third-order valence-electron chi connectivity index (χ3n) is 4.09. The zero-order valence-electron chi connectivity index (χ0n) is 13.2. The van der Waals surface area contributed by atoms with Crippen LogP contribution in [0.15, 0.2) is 18.3 Å². The van der Waals surface area contributed by atoms with E-state index in [2.05, 4.69) is 48.1 Å². The lowest BCUT2D eigenvalue weighted by molar-refractivity contribution is 0.551.